The molecule has 0 aromatic carbocycles. The van der Waals surface area contributed by atoms with E-state index < -0.39 is 30.2 Å². The summed E-state index contributed by atoms with van der Waals surface area (Å²) >= 11 is 0. The molecule has 0 amide bonds. The molecule has 0 unspecified atom stereocenters. The predicted octanol–water partition coefficient (Wildman–Crippen LogP) is 1.05. The zero-order valence-corrected chi connectivity index (χ0v) is 7.94. The molecule has 0 spiro atoms. The first kappa shape index (κ1) is 12.0. The van der Waals surface area contributed by atoms with Crippen molar-refractivity contribution in [3.8, 4) is 6.07 Å². The fourth-order valence-electron chi connectivity index (χ4n) is 1.30. The van der Waals surface area contributed by atoms with Gasteiger partial charge < -0.3 is 10.8 Å². The maximum Gasteiger partial charge on any atom is 0.354 e. The van der Waals surface area contributed by atoms with Crippen LogP contribution in [0.3, 0.4) is 0 Å². The molecule has 0 saturated heterocycles. The van der Waals surface area contributed by atoms with Gasteiger partial charge in [0.25, 0.3) is 6.43 Å². The molecule has 0 aliphatic heterocycles. The van der Waals surface area contributed by atoms with E-state index in [0.717, 1.165) is 6.20 Å². The molecule has 0 bridgehead atoms. The zero-order valence-electron chi connectivity index (χ0n) is 7.94. The molecule has 1 heterocycles. The third-order valence-corrected chi connectivity index (χ3v) is 1.97. The highest BCUT2D eigenvalue weighted by molar-refractivity contribution is 5.87. The van der Waals surface area contributed by atoms with E-state index in [4.69, 9.17) is 16.1 Å². The van der Waals surface area contributed by atoms with Gasteiger partial charge in [0.2, 0.25) is 0 Å². The number of nitriles is 1. The van der Waals surface area contributed by atoms with Gasteiger partial charge in [-0.3, -0.25) is 0 Å². The Morgan fingerprint density at radius 1 is 1.69 bits per heavy atom. The number of carboxylic acids is 1. The summed E-state index contributed by atoms with van der Waals surface area (Å²) in [6.07, 6.45) is -2.15. The zero-order chi connectivity index (χ0) is 12.3. The average molecular weight is 227 g/mol. The maximum absolute atomic E-state index is 12.7. The van der Waals surface area contributed by atoms with Gasteiger partial charge in [-0.25, -0.2) is 18.6 Å². The van der Waals surface area contributed by atoms with Crippen LogP contribution in [0.15, 0.2) is 6.20 Å². The van der Waals surface area contributed by atoms with Crippen LogP contribution in [-0.4, -0.2) is 16.1 Å². The van der Waals surface area contributed by atoms with Crippen molar-refractivity contribution in [2.24, 2.45) is 5.73 Å². The quantitative estimate of drug-likeness (QED) is 0.803. The molecule has 0 aliphatic carbocycles. The predicted molar refractivity (Wildman–Crippen MR) is 48.8 cm³/mol. The van der Waals surface area contributed by atoms with Gasteiger partial charge >= 0.3 is 5.97 Å². The van der Waals surface area contributed by atoms with Crippen LogP contribution in [0.5, 0.6) is 0 Å². The standard InChI is InChI=1S/C9H7F2N3O2/c10-8(11)6-4(1-12)3-14-7(9(15)16)5(6)2-13/h3,8H,2,13H2,(H,15,16). The molecule has 84 valence electrons. The molecule has 1 aromatic rings. The largest absolute Gasteiger partial charge is 0.477 e. The van der Waals surface area contributed by atoms with Gasteiger partial charge in [-0.15, -0.1) is 0 Å². The van der Waals surface area contributed by atoms with E-state index >= 15 is 0 Å². The Kier molecular flexibility index (Phi) is 3.48. The number of nitrogens with two attached hydrogens (primary N) is 1. The Hall–Kier alpha value is -2.07. The second-order valence-electron chi connectivity index (χ2n) is 2.83. The van der Waals surface area contributed by atoms with Crippen molar-refractivity contribution in [1.82, 2.24) is 4.98 Å². The number of pyridine rings is 1. The van der Waals surface area contributed by atoms with Crippen LogP contribution in [0.1, 0.15) is 33.6 Å². The molecule has 0 saturated carbocycles. The summed E-state index contributed by atoms with van der Waals surface area (Å²) in [6.45, 7) is -0.413. The lowest BCUT2D eigenvalue weighted by Crippen LogP contribution is -2.14. The van der Waals surface area contributed by atoms with Crippen LogP contribution >= 0.6 is 0 Å². The van der Waals surface area contributed by atoms with Crippen molar-refractivity contribution in [1.29, 1.82) is 5.26 Å². The van der Waals surface area contributed by atoms with Crippen molar-refractivity contribution in [3.05, 3.63) is 28.6 Å². The highest BCUT2D eigenvalue weighted by Crippen LogP contribution is 2.27. The molecular formula is C9H7F2N3O2. The summed E-state index contributed by atoms with van der Waals surface area (Å²) in [4.78, 5) is 14.1. The molecular weight excluding hydrogens is 220 g/mol. The van der Waals surface area contributed by atoms with Gasteiger partial charge in [-0.2, -0.15) is 5.26 Å². The summed E-state index contributed by atoms with van der Waals surface area (Å²) in [5.74, 6) is -1.45. The van der Waals surface area contributed by atoms with Crippen molar-refractivity contribution >= 4 is 5.97 Å². The third kappa shape index (κ3) is 1.97. The average Bonchev–Trinajstić information content (AvgIpc) is 2.26. The van der Waals surface area contributed by atoms with Gasteiger partial charge in [0.15, 0.2) is 5.69 Å². The molecule has 0 radical (unpaired) electrons. The van der Waals surface area contributed by atoms with Crippen LogP contribution < -0.4 is 5.73 Å². The van der Waals surface area contributed by atoms with E-state index in [0.29, 0.717) is 0 Å². The summed E-state index contributed by atoms with van der Waals surface area (Å²) < 4.78 is 25.4. The van der Waals surface area contributed by atoms with E-state index in [1.54, 1.807) is 0 Å². The molecule has 0 atom stereocenters. The van der Waals surface area contributed by atoms with E-state index in [-0.39, 0.29) is 11.1 Å². The van der Waals surface area contributed by atoms with Crippen molar-refractivity contribution < 1.29 is 18.7 Å². The van der Waals surface area contributed by atoms with E-state index in [1.165, 1.54) is 6.07 Å². The highest BCUT2D eigenvalue weighted by atomic mass is 19.3. The highest BCUT2D eigenvalue weighted by Gasteiger charge is 2.23. The van der Waals surface area contributed by atoms with Crippen molar-refractivity contribution in [3.63, 3.8) is 0 Å². The number of rotatable bonds is 3. The van der Waals surface area contributed by atoms with E-state index in [1.807, 2.05) is 0 Å². The minimum absolute atomic E-state index is 0.304. The monoisotopic (exact) mass is 227 g/mol. The lowest BCUT2D eigenvalue weighted by atomic mass is 10.0. The molecule has 5 nitrogen and oxygen atoms in total. The summed E-state index contributed by atoms with van der Waals surface area (Å²) in [6, 6.07) is 1.53. The number of halogens is 2. The van der Waals surface area contributed by atoms with Crippen LogP contribution in [0.25, 0.3) is 0 Å². The molecule has 0 aliphatic rings. The number of hydrogen-bond donors (Lipinski definition) is 2. The van der Waals surface area contributed by atoms with Crippen molar-refractivity contribution in [2.45, 2.75) is 13.0 Å². The summed E-state index contributed by atoms with van der Waals surface area (Å²) in [5, 5.41) is 17.3. The Bertz CT molecular complexity index is 469. The number of carboxylic acid groups (broad SMARTS) is 1. The second kappa shape index (κ2) is 4.63. The van der Waals surface area contributed by atoms with Crippen LogP contribution in [0.4, 0.5) is 8.78 Å². The van der Waals surface area contributed by atoms with Crippen LogP contribution in [0, 0.1) is 11.3 Å². The third-order valence-electron chi connectivity index (χ3n) is 1.97. The van der Waals surface area contributed by atoms with Crippen molar-refractivity contribution in [2.75, 3.05) is 0 Å². The van der Waals surface area contributed by atoms with Crippen LogP contribution in [-0.2, 0) is 6.54 Å². The summed E-state index contributed by atoms with van der Waals surface area (Å²) in [5.41, 5.74) is 3.34. The molecule has 1 rings (SSSR count). The minimum Gasteiger partial charge on any atom is -0.477 e. The first-order chi connectivity index (χ1) is 7.52. The van der Waals surface area contributed by atoms with Gasteiger partial charge in [0.05, 0.1) is 5.56 Å². The first-order valence-corrected chi connectivity index (χ1v) is 4.16. The maximum atomic E-state index is 12.7. The molecule has 7 heteroatoms. The fourth-order valence-corrected chi connectivity index (χ4v) is 1.30. The fraction of sp³-hybridized carbons (Fsp3) is 0.222. The molecule has 16 heavy (non-hydrogen) atoms. The van der Waals surface area contributed by atoms with Gasteiger partial charge in [-0.1, -0.05) is 0 Å². The van der Waals surface area contributed by atoms with Gasteiger partial charge in [-0.05, 0) is 0 Å². The Morgan fingerprint density at radius 2 is 2.31 bits per heavy atom. The lowest BCUT2D eigenvalue weighted by molar-refractivity contribution is 0.0688. The smallest absolute Gasteiger partial charge is 0.354 e. The Balaban J connectivity index is 3.57. The van der Waals surface area contributed by atoms with E-state index in [2.05, 4.69) is 4.98 Å². The number of aromatic nitrogens is 1. The van der Waals surface area contributed by atoms with Crippen LogP contribution in [0.2, 0.25) is 0 Å². The molecule has 0 fully saturated rings. The minimum atomic E-state index is -2.96. The first-order valence-electron chi connectivity index (χ1n) is 4.16. The number of hydrogen-bond acceptors (Lipinski definition) is 4. The van der Waals surface area contributed by atoms with Gasteiger partial charge in [0, 0.05) is 23.9 Å². The summed E-state index contributed by atoms with van der Waals surface area (Å²) in [7, 11) is 0. The molecule has 1 aromatic heterocycles. The SMILES string of the molecule is N#Cc1cnc(C(=O)O)c(CN)c1C(F)F. The number of alkyl halides is 2. The number of aromatic carboxylic acids is 1. The second-order valence-corrected chi connectivity index (χ2v) is 2.83. The Labute approximate surface area is 89.1 Å². The number of nitrogens with zero attached hydrogens (tertiary/aromatic N) is 2. The Morgan fingerprint density at radius 3 is 2.69 bits per heavy atom. The van der Waals surface area contributed by atoms with E-state index in [9.17, 15) is 13.6 Å². The number of carbonyl (C=O) groups is 1. The lowest BCUT2D eigenvalue weighted by Gasteiger charge is -2.10. The van der Waals surface area contributed by atoms with Gasteiger partial charge in [0.1, 0.15) is 6.07 Å². The topological polar surface area (TPSA) is 100 Å². The normalized spacial score (nSPS) is 10.2. The molecule has 3 N–H and O–H groups in total.